The molecule has 0 aliphatic carbocycles. The smallest absolute Gasteiger partial charge is 0.350 e. The van der Waals surface area contributed by atoms with Gasteiger partial charge in [-0.3, -0.25) is 9.59 Å². The third-order valence-electron chi connectivity index (χ3n) is 2.40. The van der Waals surface area contributed by atoms with Crippen molar-refractivity contribution in [1.82, 2.24) is 0 Å². The van der Waals surface area contributed by atoms with Crippen LogP contribution in [0.2, 0.25) is 0 Å². The number of ketones is 1. The van der Waals surface area contributed by atoms with E-state index in [4.69, 9.17) is 9.52 Å². The van der Waals surface area contributed by atoms with Crippen molar-refractivity contribution in [3.8, 4) is 5.75 Å². The van der Waals surface area contributed by atoms with Gasteiger partial charge in [0, 0.05) is 18.9 Å². The standard InChI is InChI=1S/C12H14O6/c1-7(13)11-9(14)6-8(18-12(11)17)4-2-3-5-10(15)16/h6,14H,2-5H2,1H3,(H,15,16). The van der Waals surface area contributed by atoms with E-state index in [1.807, 2.05) is 0 Å². The molecule has 98 valence electrons. The van der Waals surface area contributed by atoms with Crippen LogP contribution in [0.4, 0.5) is 0 Å². The highest BCUT2D eigenvalue weighted by atomic mass is 16.4. The Morgan fingerprint density at radius 2 is 2.00 bits per heavy atom. The molecule has 0 amide bonds. The van der Waals surface area contributed by atoms with Crippen LogP contribution in [0.1, 0.15) is 42.3 Å². The van der Waals surface area contributed by atoms with Crippen LogP contribution in [0.15, 0.2) is 15.3 Å². The molecule has 0 fully saturated rings. The van der Waals surface area contributed by atoms with Crippen LogP contribution in [0, 0.1) is 0 Å². The Kier molecular flexibility index (Phi) is 4.65. The van der Waals surface area contributed by atoms with Crippen molar-refractivity contribution in [3.05, 3.63) is 27.8 Å². The van der Waals surface area contributed by atoms with Crippen molar-refractivity contribution < 1.29 is 24.2 Å². The molecule has 0 atom stereocenters. The molecule has 6 nitrogen and oxygen atoms in total. The summed E-state index contributed by atoms with van der Waals surface area (Å²) >= 11 is 0. The monoisotopic (exact) mass is 254 g/mol. The SMILES string of the molecule is CC(=O)c1c(O)cc(CCCCC(=O)O)oc1=O. The Balaban J connectivity index is 2.72. The Bertz CT molecular complexity index is 514. The minimum absolute atomic E-state index is 0.0434. The van der Waals surface area contributed by atoms with Crippen molar-refractivity contribution in [2.24, 2.45) is 0 Å². The van der Waals surface area contributed by atoms with Crippen molar-refractivity contribution in [3.63, 3.8) is 0 Å². The molecule has 1 heterocycles. The largest absolute Gasteiger partial charge is 0.507 e. The summed E-state index contributed by atoms with van der Waals surface area (Å²) in [4.78, 5) is 32.7. The maximum atomic E-state index is 11.4. The number of carboxylic acids is 1. The van der Waals surface area contributed by atoms with E-state index in [0.717, 1.165) is 0 Å². The number of Topliss-reactive ketones (excluding diaryl/α,β-unsaturated/α-hetero) is 1. The van der Waals surface area contributed by atoms with Gasteiger partial charge in [-0.1, -0.05) is 0 Å². The van der Waals surface area contributed by atoms with Gasteiger partial charge in [-0.15, -0.1) is 0 Å². The van der Waals surface area contributed by atoms with E-state index in [-0.39, 0.29) is 17.7 Å². The number of carbonyl (C=O) groups excluding carboxylic acids is 1. The second-order valence-electron chi connectivity index (χ2n) is 3.92. The van der Waals surface area contributed by atoms with Gasteiger partial charge in [-0.25, -0.2) is 4.79 Å². The number of hydrogen-bond donors (Lipinski definition) is 2. The van der Waals surface area contributed by atoms with Gasteiger partial charge in [0.1, 0.15) is 17.1 Å². The highest BCUT2D eigenvalue weighted by Crippen LogP contribution is 2.17. The van der Waals surface area contributed by atoms with E-state index < -0.39 is 23.1 Å². The number of aryl methyl sites for hydroxylation is 1. The Morgan fingerprint density at radius 3 is 2.50 bits per heavy atom. The van der Waals surface area contributed by atoms with Crippen LogP contribution in [0.25, 0.3) is 0 Å². The average Bonchev–Trinajstić information content (AvgIpc) is 2.22. The first-order valence-electron chi connectivity index (χ1n) is 5.50. The van der Waals surface area contributed by atoms with Crippen LogP contribution in [-0.4, -0.2) is 22.0 Å². The van der Waals surface area contributed by atoms with Gasteiger partial charge < -0.3 is 14.6 Å². The maximum Gasteiger partial charge on any atom is 0.350 e. The van der Waals surface area contributed by atoms with Gasteiger partial charge in [0.25, 0.3) is 0 Å². The van der Waals surface area contributed by atoms with Gasteiger partial charge >= 0.3 is 11.6 Å². The van der Waals surface area contributed by atoms with Crippen LogP contribution in [0.5, 0.6) is 5.75 Å². The summed E-state index contributed by atoms with van der Waals surface area (Å²) in [7, 11) is 0. The molecular formula is C12H14O6. The minimum Gasteiger partial charge on any atom is -0.507 e. The predicted octanol–water partition coefficient (Wildman–Crippen LogP) is 1.35. The molecule has 0 unspecified atom stereocenters. The fraction of sp³-hybridized carbons (Fsp3) is 0.417. The summed E-state index contributed by atoms with van der Waals surface area (Å²) in [5, 5.41) is 18.0. The zero-order valence-corrected chi connectivity index (χ0v) is 9.93. The molecule has 0 aliphatic rings. The molecule has 0 aromatic carbocycles. The van der Waals surface area contributed by atoms with Crippen LogP contribution >= 0.6 is 0 Å². The summed E-state index contributed by atoms with van der Waals surface area (Å²) in [6.07, 6.45) is 1.36. The van der Waals surface area contributed by atoms with Gasteiger partial charge in [-0.2, -0.15) is 0 Å². The molecule has 1 aromatic rings. The molecule has 1 rings (SSSR count). The van der Waals surface area contributed by atoms with E-state index in [1.165, 1.54) is 13.0 Å². The molecule has 0 saturated carbocycles. The number of carbonyl (C=O) groups is 2. The average molecular weight is 254 g/mol. The first-order chi connectivity index (χ1) is 8.41. The van der Waals surface area contributed by atoms with Crippen molar-refractivity contribution in [1.29, 1.82) is 0 Å². The molecular weight excluding hydrogens is 240 g/mol. The molecule has 0 aliphatic heterocycles. The zero-order chi connectivity index (χ0) is 13.7. The lowest BCUT2D eigenvalue weighted by molar-refractivity contribution is -0.137. The van der Waals surface area contributed by atoms with Crippen molar-refractivity contribution >= 4 is 11.8 Å². The lowest BCUT2D eigenvalue weighted by Gasteiger charge is -2.03. The number of aliphatic carboxylic acids is 1. The number of rotatable bonds is 6. The summed E-state index contributed by atoms with van der Waals surface area (Å²) in [6.45, 7) is 1.17. The molecule has 18 heavy (non-hydrogen) atoms. The quantitative estimate of drug-likeness (QED) is 0.586. The molecule has 1 aromatic heterocycles. The number of carboxylic acid groups (broad SMARTS) is 1. The number of unbranched alkanes of at least 4 members (excludes halogenated alkanes) is 1. The zero-order valence-electron chi connectivity index (χ0n) is 9.93. The third-order valence-corrected chi connectivity index (χ3v) is 2.40. The highest BCUT2D eigenvalue weighted by molar-refractivity contribution is 5.96. The topological polar surface area (TPSA) is 105 Å². The van der Waals surface area contributed by atoms with Crippen LogP contribution < -0.4 is 5.63 Å². The normalized spacial score (nSPS) is 10.3. The second-order valence-corrected chi connectivity index (χ2v) is 3.92. The molecule has 0 saturated heterocycles. The van der Waals surface area contributed by atoms with Crippen molar-refractivity contribution in [2.75, 3.05) is 0 Å². The first kappa shape index (κ1) is 14.0. The van der Waals surface area contributed by atoms with E-state index in [9.17, 15) is 19.5 Å². The van der Waals surface area contributed by atoms with Gasteiger partial charge in [-0.05, 0) is 19.8 Å². The van der Waals surface area contributed by atoms with Crippen LogP contribution in [-0.2, 0) is 11.2 Å². The maximum absolute atomic E-state index is 11.4. The second kappa shape index (κ2) is 6.00. The third kappa shape index (κ3) is 3.73. The fourth-order valence-electron chi connectivity index (χ4n) is 1.55. The summed E-state index contributed by atoms with van der Waals surface area (Å²) in [6, 6.07) is 1.22. The summed E-state index contributed by atoms with van der Waals surface area (Å²) < 4.78 is 4.87. The Labute approximate surface area is 103 Å². The molecule has 6 heteroatoms. The lowest BCUT2D eigenvalue weighted by atomic mass is 10.1. The Hall–Kier alpha value is -2.11. The fourth-order valence-corrected chi connectivity index (χ4v) is 1.55. The minimum atomic E-state index is -0.883. The lowest BCUT2D eigenvalue weighted by Crippen LogP contribution is -2.13. The highest BCUT2D eigenvalue weighted by Gasteiger charge is 2.15. The van der Waals surface area contributed by atoms with Gasteiger partial charge in [0.2, 0.25) is 0 Å². The van der Waals surface area contributed by atoms with Crippen LogP contribution in [0.3, 0.4) is 0 Å². The first-order valence-corrected chi connectivity index (χ1v) is 5.50. The summed E-state index contributed by atoms with van der Waals surface area (Å²) in [5.41, 5.74) is -1.22. The number of aromatic hydroxyl groups is 1. The van der Waals surface area contributed by atoms with E-state index >= 15 is 0 Å². The van der Waals surface area contributed by atoms with Gasteiger partial charge in [0.05, 0.1) is 0 Å². The van der Waals surface area contributed by atoms with E-state index in [0.29, 0.717) is 19.3 Å². The van der Waals surface area contributed by atoms with Crippen molar-refractivity contribution in [2.45, 2.75) is 32.6 Å². The number of hydrogen-bond acceptors (Lipinski definition) is 5. The molecule has 0 bridgehead atoms. The van der Waals surface area contributed by atoms with E-state index in [1.54, 1.807) is 0 Å². The molecule has 0 spiro atoms. The van der Waals surface area contributed by atoms with Gasteiger partial charge in [0.15, 0.2) is 5.78 Å². The predicted molar refractivity (Wildman–Crippen MR) is 61.8 cm³/mol. The molecule has 2 N–H and O–H groups in total. The Morgan fingerprint density at radius 1 is 1.33 bits per heavy atom. The molecule has 0 radical (unpaired) electrons. The summed E-state index contributed by atoms with van der Waals surface area (Å²) in [5.74, 6) is -1.59. The van der Waals surface area contributed by atoms with E-state index in [2.05, 4.69) is 0 Å².